The SMILES string of the molecule is CC1CCn2c(CC(=O)O)cnc2C1. The maximum Gasteiger partial charge on any atom is 0.309 e. The number of fused-ring (bicyclic) bond motifs is 1. The van der Waals surface area contributed by atoms with Crippen LogP contribution in [-0.4, -0.2) is 20.6 Å². The van der Waals surface area contributed by atoms with Crippen molar-refractivity contribution in [3.8, 4) is 0 Å². The lowest BCUT2D eigenvalue weighted by Gasteiger charge is -2.21. The Labute approximate surface area is 82.6 Å². The van der Waals surface area contributed by atoms with Crippen LogP contribution in [0.5, 0.6) is 0 Å². The molecule has 1 unspecified atom stereocenters. The quantitative estimate of drug-likeness (QED) is 0.766. The summed E-state index contributed by atoms with van der Waals surface area (Å²) in [5, 5.41) is 8.70. The summed E-state index contributed by atoms with van der Waals surface area (Å²) in [6, 6.07) is 0. The smallest absolute Gasteiger partial charge is 0.309 e. The van der Waals surface area contributed by atoms with E-state index in [0.717, 1.165) is 30.9 Å². The van der Waals surface area contributed by atoms with Gasteiger partial charge in [0.1, 0.15) is 5.82 Å². The van der Waals surface area contributed by atoms with Gasteiger partial charge in [-0.2, -0.15) is 0 Å². The Balaban J connectivity index is 2.24. The summed E-state index contributed by atoms with van der Waals surface area (Å²) in [7, 11) is 0. The summed E-state index contributed by atoms with van der Waals surface area (Å²) in [5.41, 5.74) is 0.833. The summed E-state index contributed by atoms with van der Waals surface area (Å²) >= 11 is 0. The first-order valence-corrected chi connectivity index (χ1v) is 4.92. The lowest BCUT2D eigenvalue weighted by atomic mass is 10.0. The second kappa shape index (κ2) is 3.44. The van der Waals surface area contributed by atoms with Crippen LogP contribution in [0.15, 0.2) is 6.20 Å². The first-order valence-electron chi connectivity index (χ1n) is 4.92. The zero-order chi connectivity index (χ0) is 10.1. The van der Waals surface area contributed by atoms with Gasteiger partial charge in [0, 0.05) is 24.9 Å². The summed E-state index contributed by atoms with van der Waals surface area (Å²) in [6.07, 6.45) is 3.87. The van der Waals surface area contributed by atoms with Gasteiger partial charge in [-0.1, -0.05) is 6.92 Å². The molecule has 0 bridgehead atoms. The second-order valence-corrected chi connectivity index (χ2v) is 3.99. The lowest BCUT2D eigenvalue weighted by molar-refractivity contribution is -0.136. The molecule has 0 aromatic carbocycles. The Morgan fingerprint density at radius 2 is 2.57 bits per heavy atom. The molecule has 1 aliphatic rings. The average molecular weight is 194 g/mol. The van der Waals surface area contributed by atoms with E-state index in [1.807, 2.05) is 4.57 Å². The Morgan fingerprint density at radius 3 is 3.29 bits per heavy atom. The Morgan fingerprint density at radius 1 is 1.79 bits per heavy atom. The van der Waals surface area contributed by atoms with Gasteiger partial charge in [0.2, 0.25) is 0 Å². The van der Waals surface area contributed by atoms with E-state index in [2.05, 4.69) is 11.9 Å². The van der Waals surface area contributed by atoms with Gasteiger partial charge >= 0.3 is 5.97 Å². The summed E-state index contributed by atoms with van der Waals surface area (Å²) < 4.78 is 2.05. The van der Waals surface area contributed by atoms with Gasteiger partial charge in [-0.15, -0.1) is 0 Å². The standard InChI is InChI=1S/C10H14N2O2/c1-7-2-3-12-8(5-10(13)14)6-11-9(12)4-7/h6-7H,2-5H2,1H3,(H,13,14). The highest BCUT2D eigenvalue weighted by atomic mass is 16.4. The van der Waals surface area contributed by atoms with E-state index in [4.69, 9.17) is 5.11 Å². The molecule has 0 aliphatic carbocycles. The van der Waals surface area contributed by atoms with Gasteiger partial charge in [-0.25, -0.2) is 4.98 Å². The number of hydrogen-bond acceptors (Lipinski definition) is 2. The van der Waals surface area contributed by atoms with Gasteiger partial charge in [-0.3, -0.25) is 4.79 Å². The molecular weight excluding hydrogens is 180 g/mol. The minimum Gasteiger partial charge on any atom is -0.481 e. The number of hydrogen-bond donors (Lipinski definition) is 1. The van der Waals surface area contributed by atoms with E-state index in [-0.39, 0.29) is 6.42 Å². The summed E-state index contributed by atoms with van der Waals surface area (Å²) in [4.78, 5) is 14.8. The van der Waals surface area contributed by atoms with Crippen LogP contribution in [0.1, 0.15) is 24.9 Å². The van der Waals surface area contributed by atoms with Crippen molar-refractivity contribution in [1.29, 1.82) is 0 Å². The van der Waals surface area contributed by atoms with Crippen molar-refractivity contribution in [1.82, 2.24) is 9.55 Å². The van der Waals surface area contributed by atoms with Crippen LogP contribution in [-0.2, 0) is 24.2 Å². The Bertz CT molecular complexity index is 357. The number of carbonyl (C=O) groups is 1. The molecular formula is C10H14N2O2. The van der Waals surface area contributed by atoms with Crippen LogP contribution in [0.4, 0.5) is 0 Å². The van der Waals surface area contributed by atoms with E-state index in [0.29, 0.717) is 5.92 Å². The molecule has 2 rings (SSSR count). The zero-order valence-corrected chi connectivity index (χ0v) is 8.23. The molecule has 14 heavy (non-hydrogen) atoms. The van der Waals surface area contributed by atoms with Crippen molar-refractivity contribution in [2.75, 3.05) is 0 Å². The molecule has 1 atom stereocenters. The van der Waals surface area contributed by atoms with Crippen molar-refractivity contribution in [3.63, 3.8) is 0 Å². The fourth-order valence-electron chi connectivity index (χ4n) is 1.95. The predicted octanol–water partition coefficient (Wildman–Crippen LogP) is 1.09. The largest absolute Gasteiger partial charge is 0.481 e. The lowest BCUT2D eigenvalue weighted by Crippen LogP contribution is -2.19. The molecule has 1 aromatic rings. The van der Waals surface area contributed by atoms with Crippen molar-refractivity contribution >= 4 is 5.97 Å². The first-order chi connectivity index (χ1) is 6.66. The number of rotatable bonds is 2. The van der Waals surface area contributed by atoms with Gasteiger partial charge in [0.15, 0.2) is 0 Å². The third-order valence-electron chi connectivity index (χ3n) is 2.73. The van der Waals surface area contributed by atoms with Crippen LogP contribution in [0, 0.1) is 5.92 Å². The third kappa shape index (κ3) is 1.64. The zero-order valence-electron chi connectivity index (χ0n) is 8.23. The minimum atomic E-state index is -0.786. The van der Waals surface area contributed by atoms with Crippen LogP contribution >= 0.6 is 0 Å². The highest BCUT2D eigenvalue weighted by Gasteiger charge is 2.19. The van der Waals surface area contributed by atoms with E-state index in [1.165, 1.54) is 0 Å². The average Bonchev–Trinajstić information content (AvgIpc) is 2.47. The Hall–Kier alpha value is -1.32. The minimum absolute atomic E-state index is 0.0847. The number of imidazole rings is 1. The van der Waals surface area contributed by atoms with E-state index in [9.17, 15) is 4.79 Å². The maximum absolute atomic E-state index is 10.6. The van der Waals surface area contributed by atoms with E-state index in [1.54, 1.807) is 6.20 Å². The van der Waals surface area contributed by atoms with Gasteiger partial charge in [0.25, 0.3) is 0 Å². The van der Waals surface area contributed by atoms with Crippen LogP contribution < -0.4 is 0 Å². The molecule has 0 saturated heterocycles. The number of carboxylic acids is 1. The molecule has 76 valence electrons. The molecule has 0 saturated carbocycles. The van der Waals surface area contributed by atoms with Crippen molar-refractivity contribution in [2.45, 2.75) is 32.7 Å². The second-order valence-electron chi connectivity index (χ2n) is 3.99. The number of aliphatic carboxylic acids is 1. The molecule has 0 spiro atoms. The van der Waals surface area contributed by atoms with Crippen LogP contribution in [0.25, 0.3) is 0 Å². The molecule has 1 N–H and O–H groups in total. The number of nitrogens with zero attached hydrogens (tertiary/aromatic N) is 2. The first kappa shape index (κ1) is 9.24. The molecule has 4 nitrogen and oxygen atoms in total. The topological polar surface area (TPSA) is 55.1 Å². The fraction of sp³-hybridized carbons (Fsp3) is 0.600. The Kier molecular flexibility index (Phi) is 2.27. The molecule has 0 radical (unpaired) electrons. The third-order valence-corrected chi connectivity index (χ3v) is 2.73. The fourth-order valence-corrected chi connectivity index (χ4v) is 1.95. The molecule has 2 heterocycles. The molecule has 1 aromatic heterocycles. The van der Waals surface area contributed by atoms with Gasteiger partial charge in [0.05, 0.1) is 6.42 Å². The van der Waals surface area contributed by atoms with Gasteiger partial charge in [-0.05, 0) is 12.3 Å². The van der Waals surface area contributed by atoms with E-state index < -0.39 is 5.97 Å². The molecule has 1 aliphatic heterocycles. The maximum atomic E-state index is 10.6. The van der Waals surface area contributed by atoms with Crippen molar-refractivity contribution < 1.29 is 9.90 Å². The van der Waals surface area contributed by atoms with E-state index >= 15 is 0 Å². The molecule has 4 heteroatoms. The predicted molar refractivity (Wildman–Crippen MR) is 51.1 cm³/mol. The molecule has 0 amide bonds. The van der Waals surface area contributed by atoms with Crippen molar-refractivity contribution in [3.05, 3.63) is 17.7 Å². The molecule has 0 fully saturated rings. The van der Waals surface area contributed by atoms with Crippen molar-refractivity contribution in [2.24, 2.45) is 5.92 Å². The summed E-state index contributed by atoms with van der Waals surface area (Å²) in [6.45, 7) is 3.12. The number of carboxylic acid groups (broad SMARTS) is 1. The van der Waals surface area contributed by atoms with Crippen LogP contribution in [0.3, 0.4) is 0 Å². The van der Waals surface area contributed by atoms with Crippen LogP contribution in [0.2, 0.25) is 0 Å². The number of aromatic nitrogens is 2. The summed E-state index contributed by atoms with van der Waals surface area (Å²) in [5.74, 6) is 0.925. The normalized spacial score (nSPS) is 20.5. The van der Waals surface area contributed by atoms with Gasteiger partial charge < -0.3 is 9.67 Å². The highest BCUT2D eigenvalue weighted by molar-refractivity contribution is 5.69. The highest BCUT2D eigenvalue weighted by Crippen LogP contribution is 2.20. The monoisotopic (exact) mass is 194 g/mol.